The van der Waals surface area contributed by atoms with Gasteiger partial charge in [-0.2, -0.15) is 0 Å². The van der Waals surface area contributed by atoms with Crippen molar-refractivity contribution in [3.63, 3.8) is 0 Å². The molecule has 2 aliphatic heterocycles. The maximum atomic E-state index is 5.65. The lowest BCUT2D eigenvalue weighted by molar-refractivity contribution is 0.0271. The highest BCUT2D eigenvalue weighted by molar-refractivity contribution is 4.99. The number of nitrogens with zero attached hydrogens (tertiary/aromatic N) is 2. The molecule has 2 saturated heterocycles. The summed E-state index contributed by atoms with van der Waals surface area (Å²) in [6, 6.07) is 1.50. The molecule has 2 aliphatic rings. The molecule has 0 aromatic carbocycles. The molecule has 112 valence electrons. The molecular formula is C15H30N2O2. The molecule has 2 bridgehead atoms. The van der Waals surface area contributed by atoms with E-state index in [0.29, 0.717) is 12.2 Å². The molecule has 0 saturated carbocycles. The van der Waals surface area contributed by atoms with Gasteiger partial charge in [-0.05, 0) is 34.1 Å². The van der Waals surface area contributed by atoms with E-state index in [1.165, 1.54) is 19.5 Å². The average molecular weight is 270 g/mol. The van der Waals surface area contributed by atoms with Crippen LogP contribution in [-0.2, 0) is 9.47 Å². The van der Waals surface area contributed by atoms with Gasteiger partial charge < -0.3 is 9.47 Å². The zero-order chi connectivity index (χ0) is 13.8. The number of hydrogen-bond acceptors (Lipinski definition) is 4. The second-order valence-corrected chi connectivity index (χ2v) is 6.37. The van der Waals surface area contributed by atoms with Crippen molar-refractivity contribution < 1.29 is 9.47 Å². The van der Waals surface area contributed by atoms with Crippen molar-refractivity contribution in [3.8, 4) is 0 Å². The summed E-state index contributed by atoms with van der Waals surface area (Å²) in [5.74, 6) is 0. The lowest BCUT2D eigenvalue weighted by atomic mass is 10.2. The summed E-state index contributed by atoms with van der Waals surface area (Å²) in [6.07, 6.45) is 2.04. The van der Waals surface area contributed by atoms with Crippen molar-refractivity contribution >= 4 is 0 Å². The monoisotopic (exact) mass is 270 g/mol. The van der Waals surface area contributed by atoms with E-state index in [0.717, 1.165) is 38.4 Å². The predicted octanol–water partition coefficient (Wildman–Crippen LogP) is 1.59. The normalized spacial score (nSPS) is 28.1. The summed E-state index contributed by atoms with van der Waals surface area (Å²) in [5.41, 5.74) is 0. The molecule has 0 spiro atoms. The summed E-state index contributed by atoms with van der Waals surface area (Å²) in [7, 11) is 0. The first kappa shape index (κ1) is 15.2. The maximum Gasteiger partial charge on any atom is 0.0597 e. The quantitative estimate of drug-likeness (QED) is 0.669. The van der Waals surface area contributed by atoms with Crippen LogP contribution in [0.5, 0.6) is 0 Å². The second kappa shape index (κ2) is 7.02. The largest absolute Gasteiger partial charge is 0.377 e. The van der Waals surface area contributed by atoms with Crippen LogP contribution in [-0.4, -0.2) is 73.5 Å². The van der Waals surface area contributed by atoms with Crippen molar-refractivity contribution in [2.75, 3.05) is 39.4 Å². The van der Waals surface area contributed by atoms with Crippen LogP contribution in [0.1, 0.15) is 34.1 Å². The molecule has 0 N–H and O–H groups in total. The lowest BCUT2D eigenvalue weighted by Gasteiger charge is -2.34. The third-order valence-corrected chi connectivity index (χ3v) is 4.13. The van der Waals surface area contributed by atoms with Crippen LogP contribution in [0.2, 0.25) is 0 Å². The van der Waals surface area contributed by atoms with Gasteiger partial charge in [0.05, 0.1) is 25.4 Å². The molecule has 0 amide bonds. The fourth-order valence-electron chi connectivity index (χ4n) is 3.19. The van der Waals surface area contributed by atoms with Crippen LogP contribution < -0.4 is 0 Å². The maximum absolute atomic E-state index is 5.65. The van der Waals surface area contributed by atoms with E-state index in [-0.39, 0.29) is 0 Å². The molecule has 19 heavy (non-hydrogen) atoms. The topological polar surface area (TPSA) is 24.9 Å². The summed E-state index contributed by atoms with van der Waals surface area (Å²) >= 11 is 0. The van der Waals surface area contributed by atoms with Crippen molar-refractivity contribution in [3.05, 3.63) is 0 Å². The van der Waals surface area contributed by atoms with Gasteiger partial charge in [-0.3, -0.25) is 9.80 Å². The summed E-state index contributed by atoms with van der Waals surface area (Å²) in [6.45, 7) is 14.8. The second-order valence-electron chi connectivity index (χ2n) is 6.37. The van der Waals surface area contributed by atoms with E-state index in [4.69, 9.17) is 9.47 Å². The van der Waals surface area contributed by atoms with E-state index in [1.54, 1.807) is 0 Å². The zero-order valence-corrected chi connectivity index (χ0v) is 13.0. The lowest BCUT2D eigenvalue weighted by Crippen LogP contribution is -2.48. The SMILES string of the molecule is CC(C)OCCN1C[C@H]2C[C@@H]1CN2CCOC(C)C. The van der Waals surface area contributed by atoms with Crippen molar-refractivity contribution in [1.29, 1.82) is 0 Å². The zero-order valence-electron chi connectivity index (χ0n) is 13.0. The van der Waals surface area contributed by atoms with Gasteiger partial charge in [0, 0.05) is 38.3 Å². The molecule has 2 fully saturated rings. The minimum absolute atomic E-state index is 0.351. The first-order chi connectivity index (χ1) is 9.06. The predicted molar refractivity (Wildman–Crippen MR) is 77.5 cm³/mol. The Labute approximate surface area is 118 Å². The Morgan fingerprint density at radius 3 is 1.58 bits per heavy atom. The Morgan fingerprint density at radius 1 is 0.842 bits per heavy atom. The van der Waals surface area contributed by atoms with Gasteiger partial charge in [0.25, 0.3) is 0 Å². The molecule has 0 aromatic heterocycles. The fourth-order valence-corrected chi connectivity index (χ4v) is 3.19. The Bertz CT molecular complexity index is 245. The Balaban J connectivity index is 1.63. The van der Waals surface area contributed by atoms with Crippen LogP contribution in [0, 0.1) is 0 Å². The van der Waals surface area contributed by atoms with Crippen LogP contribution in [0.25, 0.3) is 0 Å². The molecule has 4 nitrogen and oxygen atoms in total. The molecule has 0 aromatic rings. The molecule has 2 atom stereocenters. The third-order valence-electron chi connectivity index (χ3n) is 4.13. The van der Waals surface area contributed by atoms with E-state index < -0.39 is 0 Å². The Hall–Kier alpha value is -0.160. The van der Waals surface area contributed by atoms with Crippen LogP contribution >= 0.6 is 0 Å². The van der Waals surface area contributed by atoms with Crippen molar-refractivity contribution in [1.82, 2.24) is 9.80 Å². The first-order valence-corrected chi connectivity index (χ1v) is 7.77. The van der Waals surface area contributed by atoms with Gasteiger partial charge >= 0.3 is 0 Å². The van der Waals surface area contributed by atoms with Gasteiger partial charge in [0.1, 0.15) is 0 Å². The number of fused-ring (bicyclic) bond motifs is 2. The number of piperazine rings is 1. The van der Waals surface area contributed by atoms with Gasteiger partial charge in [-0.1, -0.05) is 0 Å². The Morgan fingerprint density at radius 2 is 1.26 bits per heavy atom. The molecule has 0 aliphatic carbocycles. The summed E-state index contributed by atoms with van der Waals surface area (Å²) in [5, 5.41) is 0. The molecule has 2 heterocycles. The van der Waals surface area contributed by atoms with E-state index >= 15 is 0 Å². The standard InChI is InChI=1S/C15H30N2O2/c1-12(2)18-7-5-16-10-15-9-14(16)11-17(15)6-8-19-13(3)4/h12-15H,5-11H2,1-4H3/t14-,15-/m1/s1. The number of hydrogen-bond donors (Lipinski definition) is 0. The summed E-state index contributed by atoms with van der Waals surface area (Å²) in [4.78, 5) is 5.21. The third kappa shape index (κ3) is 4.42. The molecular weight excluding hydrogens is 240 g/mol. The summed E-state index contributed by atoms with van der Waals surface area (Å²) < 4.78 is 11.3. The average Bonchev–Trinajstić information content (AvgIpc) is 2.87. The number of likely N-dealkylation sites (tertiary alicyclic amines) is 2. The van der Waals surface area contributed by atoms with Crippen LogP contribution in [0.4, 0.5) is 0 Å². The minimum Gasteiger partial charge on any atom is -0.377 e. The first-order valence-electron chi connectivity index (χ1n) is 7.77. The highest BCUT2D eigenvalue weighted by Gasteiger charge is 2.42. The fraction of sp³-hybridized carbons (Fsp3) is 1.00. The smallest absolute Gasteiger partial charge is 0.0597 e. The molecule has 4 heteroatoms. The highest BCUT2D eigenvalue weighted by atomic mass is 16.5. The van der Waals surface area contributed by atoms with Gasteiger partial charge in [-0.25, -0.2) is 0 Å². The molecule has 2 rings (SSSR count). The van der Waals surface area contributed by atoms with E-state index in [1.807, 2.05) is 0 Å². The van der Waals surface area contributed by atoms with Crippen LogP contribution in [0.3, 0.4) is 0 Å². The highest BCUT2D eigenvalue weighted by Crippen LogP contribution is 2.29. The minimum atomic E-state index is 0.351. The Kier molecular flexibility index (Phi) is 5.63. The molecule has 0 unspecified atom stereocenters. The van der Waals surface area contributed by atoms with Crippen molar-refractivity contribution in [2.24, 2.45) is 0 Å². The van der Waals surface area contributed by atoms with Gasteiger partial charge in [0.2, 0.25) is 0 Å². The van der Waals surface area contributed by atoms with Crippen molar-refractivity contribution in [2.45, 2.75) is 58.4 Å². The van der Waals surface area contributed by atoms with Crippen LogP contribution in [0.15, 0.2) is 0 Å². The van der Waals surface area contributed by atoms with Gasteiger partial charge in [-0.15, -0.1) is 0 Å². The van der Waals surface area contributed by atoms with E-state index in [9.17, 15) is 0 Å². The van der Waals surface area contributed by atoms with Gasteiger partial charge in [0.15, 0.2) is 0 Å². The number of ether oxygens (including phenoxy) is 2. The molecule has 0 radical (unpaired) electrons. The van der Waals surface area contributed by atoms with E-state index in [2.05, 4.69) is 37.5 Å². The number of rotatable bonds is 8.